The molecule has 138 valence electrons. The van der Waals surface area contributed by atoms with Gasteiger partial charge in [0.2, 0.25) is 0 Å². The van der Waals surface area contributed by atoms with Gasteiger partial charge in [-0.05, 0) is 53.4 Å². The Kier molecular flexibility index (Phi) is 5.95. The normalized spacial score (nSPS) is 24.0. The van der Waals surface area contributed by atoms with Gasteiger partial charge in [0.15, 0.2) is 11.6 Å². The van der Waals surface area contributed by atoms with Crippen molar-refractivity contribution in [2.75, 3.05) is 13.2 Å². The third-order valence-electron chi connectivity index (χ3n) is 5.18. The number of Topliss-reactive ketones (excluding diaryl/α,β-unsaturated/α-hetero) is 2. The molecule has 2 aliphatic rings. The summed E-state index contributed by atoms with van der Waals surface area (Å²) in [5.74, 6) is -0.806. The molecule has 1 heterocycles. The van der Waals surface area contributed by atoms with Crippen molar-refractivity contribution in [3.05, 3.63) is 22.3 Å². The van der Waals surface area contributed by atoms with Crippen LogP contribution in [0.3, 0.4) is 0 Å². The number of amides is 1. The van der Waals surface area contributed by atoms with Crippen molar-refractivity contribution in [3.8, 4) is 0 Å². The molecule has 6 nitrogen and oxygen atoms in total. The van der Waals surface area contributed by atoms with E-state index in [4.69, 9.17) is 4.74 Å². The zero-order chi connectivity index (χ0) is 18.8. The van der Waals surface area contributed by atoms with Crippen LogP contribution in [0.2, 0.25) is 0 Å². The van der Waals surface area contributed by atoms with Crippen LogP contribution in [0, 0.1) is 0 Å². The Labute approximate surface area is 148 Å². The van der Waals surface area contributed by atoms with Crippen molar-refractivity contribution >= 4 is 17.5 Å². The van der Waals surface area contributed by atoms with Crippen molar-refractivity contribution in [1.82, 2.24) is 5.32 Å². The highest BCUT2D eigenvalue weighted by atomic mass is 16.5. The van der Waals surface area contributed by atoms with Crippen LogP contribution < -0.4 is 5.32 Å². The highest BCUT2D eigenvalue weighted by Crippen LogP contribution is 2.29. The topological polar surface area (TPSA) is 92.7 Å². The second kappa shape index (κ2) is 7.62. The van der Waals surface area contributed by atoms with E-state index in [1.807, 2.05) is 0 Å². The number of nitrogens with one attached hydrogen (secondary N) is 1. The predicted octanol–water partition coefficient (Wildman–Crippen LogP) is 1.62. The van der Waals surface area contributed by atoms with Crippen molar-refractivity contribution in [2.24, 2.45) is 0 Å². The predicted molar refractivity (Wildman–Crippen MR) is 92.9 cm³/mol. The quantitative estimate of drug-likeness (QED) is 0.711. The summed E-state index contributed by atoms with van der Waals surface area (Å²) >= 11 is 0. The number of carbonyl (C=O) groups is 3. The van der Waals surface area contributed by atoms with E-state index < -0.39 is 11.5 Å². The molecule has 1 aliphatic carbocycles. The first-order valence-electron chi connectivity index (χ1n) is 8.74. The summed E-state index contributed by atoms with van der Waals surface area (Å²) in [6.07, 6.45) is 2.13. The highest BCUT2D eigenvalue weighted by Gasteiger charge is 2.34. The summed E-state index contributed by atoms with van der Waals surface area (Å²) in [4.78, 5) is 36.8. The maximum Gasteiger partial charge on any atom is 0.251 e. The van der Waals surface area contributed by atoms with Gasteiger partial charge in [-0.2, -0.15) is 0 Å². The minimum Gasteiger partial charge on any atom is -0.380 e. The summed E-state index contributed by atoms with van der Waals surface area (Å²) in [7, 11) is 0. The van der Waals surface area contributed by atoms with Gasteiger partial charge in [0.1, 0.15) is 5.60 Å². The number of allylic oxidation sites excluding steroid dienone is 4. The molecule has 2 atom stereocenters. The molecule has 0 spiro atoms. The van der Waals surface area contributed by atoms with Crippen LogP contribution in [0.4, 0.5) is 0 Å². The summed E-state index contributed by atoms with van der Waals surface area (Å²) in [6, 6.07) is 0. The van der Waals surface area contributed by atoms with E-state index in [1.165, 1.54) is 6.92 Å². The van der Waals surface area contributed by atoms with Crippen LogP contribution in [-0.2, 0) is 19.1 Å². The third-order valence-corrected chi connectivity index (χ3v) is 5.18. The van der Waals surface area contributed by atoms with Crippen LogP contribution in [0.15, 0.2) is 22.3 Å². The lowest BCUT2D eigenvalue weighted by Crippen LogP contribution is -2.46. The molecule has 2 rings (SSSR count). The average Bonchev–Trinajstić information content (AvgIpc) is 3.09. The molecule has 1 fully saturated rings. The first kappa shape index (κ1) is 19.5. The number of ketones is 2. The molecular formula is C19H27NO5. The molecule has 0 radical (unpaired) electrons. The van der Waals surface area contributed by atoms with Crippen molar-refractivity contribution < 1.29 is 24.2 Å². The minimum atomic E-state index is -1.61. The molecule has 2 N–H and O–H groups in total. The maximum atomic E-state index is 12.4. The number of rotatable bonds is 6. The highest BCUT2D eigenvalue weighted by molar-refractivity contribution is 6.24. The first-order valence-corrected chi connectivity index (χ1v) is 8.74. The van der Waals surface area contributed by atoms with E-state index in [-0.39, 0.29) is 30.5 Å². The van der Waals surface area contributed by atoms with Crippen molar-refractivity contribution in [3.63, 3.8) is 0 Å². The molecule has 0 aromatic rings. The van der Waals surface area contributed by atoms with Crippen LogP contribution >= 0.6 is 0 Å². The zero-order valence-electron chi connectivity index (χ0n) is 15.4. The molecule has 0 aromatic carbocycles. The Morgan fingerprint density at radius 1 is 1.20 bits per heavy atom. The zero-order valence-corrected chi connectivity index (χ0v) is 15.4. The summed E-state index contributed by atoms with van der Waals surface area (Å²) < 4.78 is 5.44. The molecule has 6 heteroatoms. The Morgan fingerprint density at radius 3 is 2.44 bits per heavy atom. The van der Waals surface area contributed by atoms with Gasteiger partial charge in [-0.15, -0.1) is 0 Å². The van der Waals surface area contributed by atoms with E-state index >= 15 is 0 Å². The fourth-order valence-corrected chi connectivity index (χ4v) is 3.14. The van der Waals surface area contributed by atoms with E-state index in [1.54, 1.807) is 20.8 Å². The lowest BCUT2D eigenvalue weighted by atomic mass is 9.82. The minimum absolute atomic E-state index is 0.00184. The molecule has 1 saturated heterocycles. The molecule has 1 amide bonds. The Morgan fingerprint density at radius 2 is 1.84 bits per heavy atom. The van der Waals surface area contributed by atoms with Crippen LogP contribution in [-0.4, -0.2) is 47.4 Å². The van der Waals surface area contributed by atoms with Crippen molar-refractivity contribution in [2.45, 2.75) is 65.1 Å². The van der Waals surface area contributed by atoms with Crippen molar-refractivity contribution in [1.29, 1.82) is 0 Å². The van der Waals surface area contributed by atoms with Gasteiger partial charge in [0.25, 0.3) is 5.91 Å². The fourth-order valence-electron chi connectivity index (χ4n) is 3.14. The fraction of sp³-hybridized carbons (Fsp3) is 0.632. The molecule has 25 heavy (non-hydrogen) atoms. The smallest absolute Gasteiger partial charge is 0.251 e. The second-order valence-electron chi connectivity index (χ2n) is 7.13. The molecular weight excluding hydrogens is 322 g/mol. The molecule has 0 bridgehead atoms. The third kappa shape index (κ3) is 4.25. The lowest BCUT2D eigenvalue weighted by molar-refractivity contribution is -0.139. The van der Waals surface area contributed by atoms with Gasteiger partial charge in [-0.3, -0.25) is 14.4 Å². The summed E-state index contributed by atoms with van der Waals surface area (Å²) in [5, 5.41) is 13.2. The Hall–Kier alpha value is -1.79. The van der Waals surface area contributed by atoms with Gasteiger partial charge in [-0.25, -0.2) is 0 Å². The number of hydrogen-bond donors (Lipinski definition) is 2. The average molecular weight is 349 g/mol. The lowest BCUT2D eigenvalue weighted by Gasteiger charge is -2.25. The number of hydrogen-bond acceptors (Lipinski definition) is 5. The summed E-state index contributed by atoms with van der Waals surface area (Å²) in [6.45, 7) is 7.40. The molecule has 0 saturated carbocycles. The Balaban J connectivity index is 1.97. The van der Waals surface area contributed by atoms with E-state index in [0.29, 0.717) is 35.4 Å². The SMILES string of the molecule is CC1=C(C)C(=O)C(CCC(C)(O)C(=O)NCC2CCCO2)=C(C)C1=O. The van der Waals surface area contributed by atoms with E-state index in [0.717, 1.165) is 12.8 Å². The van der Waals surface area contributed by atoms with Gasteiger partial charge in [0, 0.05) is 35.4 Å². The van der Waals surface area contributed by atoms with E-state index in [2.05, 4.69) is 5.32 Å². The Bertz CT molecular complexity index is 651. The number of aliphatic hydroxyl groups is 1. The van der Waals surface area contributed by atoms with E-state index in [9.17, 15) is 19.5 Å². The van der Waals surface area contributed by atoms with Gasteiger partial charge >= 0.3 is 0 Å². The van der Waals surface area contributed by atoms with Gasteiger partial charge < -0.3 is 15.2 Å². The molecule has 0 aromatic heterocycles. The summed E-state index contributed by atoms with van der Waals surface area (Å²) in [5.41, 5.74) is 0.0867. The van der Waals surface area contributed by atoms with Crippen LogP contribution in [0.1, 0.15) is 53.4 Å². The number of ether oxygens (including phenoxy) is 1. The number of carbonyl (C=O) groups excluding carboxylic acids is 3. The van der Waals surface area contributed by atoms with Gasteiger partial charge in [-0.1, -0.05) is 0 Å². The monoisotopic (exact) mass is 349 g/mol. The maximum absolute atomic E-state index is 12.4. The van der Waals surface area contributed by atoms with Gasteiger partial charge in [0.05, 0.1) is 6.10 Å². The van der Waals surface area contributed by atoms with Crippen LogP contribution in [0.5, 0.6) is 0 Å². The first-order chi connectivity index (χ1) is 11.6. The standard InChI is InChI=1S/C19H27NO5/c1-11-12(2)17(22)15(13(3)16(11)21)7-8-19(4,24)18(23)20-10-14-6-5-9-25-14/h14,24H,5-10H2,1-4H3,(H,20,23). The molecule has 1 aliphatic heterocycles. The largest absolute Gasteiger partial charge is 0.380 e. The van der Waals surface area contributed by atoms with Crippen LogP contribution in [0.25, 0.3) is 0 Å². The molecule has 2 unspecified atom stereocenters. The second-order valence-corrected chi connectivity index (χ2v) is 7.13.